The molecule has 0 aromatic carbocycles. The van der Waals surface area contributed by atoms with Crippen LogP contribution in [0.4, 0.5) is 0 Å². The summed E-state index contributed by atoms with van der Waals surface area (Å²) in [5.41, 5.74) is 0.165. The Morgan fingerprint density at radius 2 is 2.10 bits per heavy atom. The maximum atomic E-state index is 12.6. The van der Waals surface area contributed by atoms with Gasteiger partial charge in [-0.25, -0.2) is 0 Å². The van der Waals surface area contributed by atoms with E-state index in [0.717, 1.165) is 18.6 Å². The van der Waals surface area contributed by atoms with Gasteiger partial charge in [-0.15, -0.1) is 0 Å². The summed E-state index contributed by atoms with van der Waals surface area (Å²) in [6, 6.07) is 3.42. The van der Waals surface area contributed by atoms with Crippen molar-refractivity contribution in [3.05, 3.63) is 23.7 Å². The summed E-state index contributed by atoms with van der Waals surface area (Å²) in [5, 5.41) is 9.53. The first kappa shape index (κ1) is 15.1. The molecule has 1 aromatic rings. The summed E-state index contributed by atoms with van der Waals surface area (Å²) in [4.78, 5) is 14.4. The lowest BCUT2D eigenvalue weighted by Crippen LogP contribution is -2.50. The molecule has 0 aliphatic carbocycles. The number of carbonyl (C=O) groups is 1. The Balaban J connectivity index is 2.19. The van der Waals surface area contributed by atoms with E-state index in [4.69, 9.17) is 4.42 Å². The van der Waals surface area contributed by atoms with Gasteiger partial charge in [-0.3, -0.25) is 4.79 Å². The van der Waals surface area contributed by atoms with E-state index in [0.29, 0.717) is 18.2 Å². The van der Waals surface area contributed by atoms with E-state index in [2.05, 4.69) is 20.8 Å². The molecule has 0 radical (unpaired) electrons. The number of aliphatic hydroxyl groups excluding tert-OH is 1. The number of amides is 1. The maximum absolute atomic E-state index is 12.6. The predicted molar refractivity (Wildman–Crippen MR) is 77.5 cm³/mol. The van der Waals surface area contributed by atoms with Crippen LogP contribution in [0, 0.1) is 18.3 Å². The van der Waals surface area contributed by atoms with Crippen molar-refractivity contribution in [1.29, 1.82) is 0 Å². The fraction of sp³-hybridized carbons (Fsp3) is 0.688. The van der Waals surface area contributed by atoms with Crippen LogP contribution in [-0.4, -0.2) is 35.1 Å². The second-order valence-corrected chi connectivity index (χ2v) is 6.84. The van der Waals surface area contributed by atoms with Crippen LogP contribution >= 0.6 is 0 Å². The largest absolute Gasteiger partial charge is 0.456 e. The Hall–Kier alpha value is -1.29. The molecule has 1 amide bonds. The minimum atomic E-state index is -0.105. The Morgan fingerprint density at radius 3 is 2.60 bits per heavy atom. The van der Waals surface area contributed by atoms with Gasteiger partial charge in [-0.1, -0.05) is 20.8 Å². The lowest BCUT2D eigenvalue weighted by molar-refractivity contribution is 0.0208. The van der Waals surface area contributed by atoms with Crippen LogP contribution in [0.15, 0.2) is 16.5 Å². The summed E-state index contributed by atoms with van der Waals surface area (Å²) in [6.45, 7) is 9.15. The molecular weight excluding hydrogens is 254 g/mol. The van der Waals surface area contributed by atoms with Crippen molar-refractivity contribution in [2.24, 2.45) is 11.3 Å². The highest BCUT2D eigenvalue weighted by Crippen LogP contribution is 2.35. The fourth-order valence-corrected chi connectivity index (χ4v) is 2.86. The van der Waals surface area contributed by atoms with E-state index in [9.17, 15) is 9.90 Å². The van der Waals surface area contributed by atoms with Crippen molar-refractivity contribution in [3.8, 4) is 0 Å². The quantitative estimate of drug-likeness (QED) is 0.905. The molecule has 112 valence electrons. The molecule has 4 nitrogen and oxygen atoms in total. The second kappa shape index (κ2) is 5.60. The normalized spacial score (nSPS) is 23.9. The van der Waals surface area contributed by atoms with Gasteiger partial charge in [-0.2, -0.15) is 0 Å². The van der Waals surface area contributed by atoms with Gasteiger partial charge in [-0.05, 0) is 43.2 Å². The van der Waals surface area contributed by atoms with Gasteiger partial charge < -0.3 is 14.4 Å². The van der Waals surface area contributed by atoms with Crippen LogP contribution in [0.1, 0.15) is 49.9 Å². The van der Waals surface area contributed by atoms with Gasteiger partial charge in [0.2, 0.25) is 0 Å². The zero-order valence-electron chi connectivity index (χ0n) is 12.8. The number of piperidine rings is 1. The zero-order chi connectivity index (χ0) is 14.9. The molecule has 4 heteroatoms. The van der Waals surface area contributed by atoms with Gasteiger partial charge in [0.15, 0.2) is 5.76 Å². The van der Waals surface area contributed by atoms with E-state index < -0.39 is 0 Å². The second-order valence-electron chi connectivity index (χ2n) is 6.84. The van der Waals surface area contributed by atoms with Crippen LogP contribution in [-0.2, 0) is 0 Å². The lowest BCUT2D eigenvalue weighted by Gasteiger charge is -2.43. The van der Waals surface area contributed by atoms with Gasteiger partial charge in [0.1, 0.15) is 5.76 Å². The number of carbonyl (C=O) groups excluding carboxylic acids is 1. The Kier molecular flexibility index (Phi) is 4.23. The topological polar surface area (TPSA) is 53.7 Å². The van der Waals surface area contributed by atoms with Crippen LogP contribution in [0.3, 0.4) is 0 Å². The molecule has 2 rings (SSSR count). The Morgan fingerprint density at radius 1 is 1.40 bits per heavy atom. The third-order valence-corrected chi connectivity index (χ3v) is 4.35. The molecule has 20 heavy (non-hydrogen) atoms. The Bertz CT molecular complexity index is 472. The third kappa shape index (κ3) is 3.06. The smallest absolute Gasteiger partial charge is 0.289 e. The fourth-order valence-electron chi connectivity index (χ4n) is 2.86. The number of rotatable bonds is 2. The molecule has 1 aromatic heterocycles. The maximum Gasteiger partial charge on any atom is 0.289 e. The van der Waals surface area contributed by atoms with E-state index in [1.807, 2.05) is 6.92 Å². The van der Waals surface area contributed by atoms with Gasteiger partial charge >= 0.3 is 0 Å². The van der Waals surface area contributed by atoms with Gasteiger partial charge in [0.05, 0.1) is 12.6 Å². The first-order valence-corrected chi connectivity index (χ1v) is 7.31. The molecule has 0 bridgehead atoms. The predicted octanol–water partition coefficient (Wildman–Crippen LogP) is 2.85. The highest BCUT2D eigenvalue weighted by molar-refractivity contribution is 5.91. The highest BCUT2D eigenvalue weighted by Gasteiger charge is 2.37. The first-order valence-electron chi connectivity index (χ1n) is 7.31. The first-order chi connectivity index (χ1) is 9.32. The van der Waals surface area contributed by atoms with Crippen LogP contribution in [0.2, 0.25) is 0 Å². The average molecular weight is 279 g/mol. The number of furan rings is 1. The molecule has 1 fully saturated rings. The molecule has 0 spiro atoms. The van der Waals surface area contributed by atoms with Crippen LogP contribution < -0.4 is 0 Å². The van der Waals surface area contributed by atoms with E-state index in [-0.39, 0.29) is 24.0 Å². The number of nitrogens with zero attached hydrogens (tertiary/aromatic N) is 1. The van der Waals surface area contributed by atoms with E-state index in [1.165, 1.54) is 0 Å². The molecule has 2 heterocycles. The molecule has 1 aliphatic heterocycles. The lowest BCUT2D eigenvalue weighted by atomic mass is 9.75. The Labute approximate surface area is 120 Å². The monoisotopic (exact) mass is 279 g/mol. The molecule has 1 saturated heterocycles. The van der Waals surface area contributed by atoms with Crippen molar-refractivity contribution in [2.75, 3.05) is 13.2 Å². The molecule has 0 saturated carbocycles. The van der Waals surface area contributed by atoms with Crippen molar-refractivity contribution in [1.82, 2.24) is 4.90 Å². The van der Waals surface area contributed by atoms with Crippen LogP contribution in [0.25, 0.3) is 0 Å². The summed E-state index contributed by atoms with van der Waals surface area (Å²) < 4.78 is 5.44. The highest BCUT2D eigenvalue weighted by atomic mass is 16.3. The summed E-state index contributed by atoms with van der Waals surface area (Å²) in [7, 11) is 0. The number of likely N-dealkylation sites (tertiary alicyclic amines) is 1. The van der Waals surface area contributed by atoms with Crippen LogP contribution in [0.5, 0.6) is 0 Å². The number of hydrogen-bond acceptors (Lipinski definition) is 3. The summed E-state index contributed by atoms with van der Waals surface area (Å²) in [6.07, 6.45) is 1.90. The molecule has 2 unspecified atom stereocenters. The molecule has 1 aliphatic rings. The minimum absolute atomic E-state index is 0.0162. The van der Waals surface area contributed by atoms with Gasteiger partial charge in [0, 0.05) is 6.54 Å². The standard InChI is InChI=1S/C16H25NO3/c1-11-5-8-14(20-11)15(19)17-9-12(16(2,3)4)6-7-13(17)10-18/h5,8,12-13,18H,6-7,9-10H2,1-4H3. The number of aryl methyl sites for hydroxylation is 1. The molecular formula is C16H25NO3. The average Bonchev–Trinajstić information content (AvgIpc) is 2.82. The van der Waals surface area contributed by atoms with Crippen molar-refractivity contribution >= 4 is 5.91 Å². The van der Waals surface area contributed by atoms with E-state index in [1.54, 1.807) is 17.0 Å². The SMILES string of the molecule is Cc1ccc(C(=O)N2CC(C(C)(C)C)CCC2CO)o1. The third-order valence-electron chi connectivity index (χ3n) is 4.35. The molecule has 1 N–H and O–H groups in total. The van der Waals surface area contributed by atoms with E-state index >= 15 is 0 Å². The zero-order valence-corrected chi connectivity index (χ0v) is 12.8. The number of aliphatic hydroxyl groups is 1. The molecule has 2 atom stereocenters. The van der Waals surface area contributed by atoms with Crippen molar-refractivity contribution in [2.45, 2.75) is 46.6 Å². The summed E-state index contributed by atoms with van der Waals surface area (Å²) in [5.74, 6) is 1.45. The van der Waals surface area contributed by atoms with Gasteiger partial charge in [0.25, 0.3) is 5.91 Å². The van der Waals surface area contributed by atoms with Crippen molar-refractivity contribution < 1.29 is 14.3 Å². The summed E-state index contributed by atoms with van der Waals surface area (Å²) >= 11 is 0. The minimum Gasteiger partial charge on any atom is -0.456 e. The number of hydrogen-bond donors (Lipinski definition) is 1. The van der Waals surface area contributed by atoms with Crippen molar-refractivity contribution in [3.63, 3.8) is 0 Å².